The smallest absolute Gasteiger partial charge is 0.342 e. The SMILES string of the molecule is COc1ccc(C(=O)O[C@@H](C)c2nnc(-c3cccs3)o2)c(OC)c1. The Labute approximate surface area is 148 Å². The molecular formula is C17H16N2O5S. The van der Waals surface area contributed by atoms with Gasteiger partial charge in [-0.05, 0) is 30.5 Å². The molecule has 0 amide bonds. The number of carbonyl (C=O) groups is 1. The zero-order chi connectivity index (χ0) is 17.8. The van der Waals surface area contributed by atoms with Gasteiger partial charge in [-0.25, -0.2) is 4.79 Å². The van der Waals surface area contributed by atoms with Crippen molar-refractivity contribution < 1.29 is 23.4 Å². The molecular weight excluding hydrogens is 344 g/mol. The van der Waals surface area contributed by atoms with Gasteiger partial charge >= 0.3 is 5.97 Å². The van der Waals surface area contributed by atoms with E-state index in [9.17, 15) is 4.79 Å². The molecule has 3 aromatic rings. The van der Waals surface area contributed by atoms with Crippen LogP contribution in [0.4, 0.5) is 0 Å². The summed E-state index contributed by atoms with van der Waals surface area (Å²) in [5.41, 5.74) is 0.285. The normalized spacial score (nSPS) is 11.8. The van der Waals surface area contributed by atoms with Crippen molar-refractivity contribution in [2.24, 2.45) is 0 Å². The number of aromatic nitrogens is 2. The topological polar surface area (TPSA) is 83.7 Å². The summed E-state index contributed by atoms with van der Waals surface area (Å²) in [5, 5.41) is 9.84. The summed E-state index contributed by atoms with van der Waals surface area (Å²) >= 11 is 1.49. The van der Waals surface area contributed by atoms with Crippen LogP contribution in [-0.4, -0.2) is 30.4 Å². The fourth-order valence-corrected chi connectivity index (χ4v) is 2.78. The summed E-state index contributed by atoms with van der Waals surface area (Å²) in [7, 11) is 3.01. The van der Waals surface area contributed by atoms with Crippen LogP contribution in [-0.2, 0) is 4.74 Å². The Bertz CT molecular complexity index is 860. The Morgan fingerprint density at radius 1 is 1.20 bits per heavy atom. The first-order chi connectivity index (χ1) is 12.1. The fraction of sp³-hybridized carbons (Fsp3) is 0.235. The van der Waals surface area contributed by atoms with E-state index in [1.54, 1.807) is 25.1 Å². The number of hydrogen-bond acceptors (Lipinski definition) is 8. The van der Waals surface area contributed by atoms with E-state index in [0.29, 0.717) is 17.4 Å². The molecule has 0 fully saturated rings. The number of nitrogens with zero attached hydrogens (tertiary/aromatic N) is 2. The molecule has 0 N–H and O–H groups in total. The Hall–Kier alpha value is -2.87. The van der Waals surface area contributed by atoms with Crippen LogP contribution in [0.2, 0.25) is 0 Å². The predicted molar refractivity (Wildman–Crippen MR) is 91.0 cm³/mol. The van der Waals surface area contributed by atoms with Gasteiger partial charge in [0.05, 0.1) is 19.1 Å². The molecule has 0 radical (unpaired) electrons. The number of rotatable bonds is 6. The maximum Gasteiger partial charge on any atom is 0.342 e. The van der Waals surface area contributed by atoms with Crippen molar-refractivity contribution in [3.63, 3.8) is 0 Å². The Balaban J connectivity index is 1.75. The highest BCUT2D eigenvalue weighted by Gasteiger charge is 2.22. The molecule has 7 nitrogen and oxygen atoms in total. The van der Waals surface area contributed by atoms with Crippen LogP contribution in [0.15, 0.2) is 40.1 Å². The maximum atomic E-state index is 12.4. The zero-order valence-electron chi connectivity index (χ0n) is 13.9. The van der Waals surface area contributed by atoms with Gasteiger partial charge in [0, 0.05) is 6.07 Å². The molecule has 1 atom stereocenters. The van der Waals surface area contributed by atoms with E-state index in [4.69, 9.17) is 18.6 Å². The van der Waals surface area contributed by atoms with Gasteiger partial charge in [0.2, 0.25) is 0 Å². The summed E-state index contributed by atoms with van der Waals surface area (Å²) in [6.07, 6.45) is -0.694. The van der Waals surface area contributed by atoms with Gasteiger partial charge in [0.25, 0.3) is 11.8 Å². The molecule has 0 unspecified atom stereocenters. The van der Waals surface area contributed by atoms with Gasteiger partial charge in [-0.2, -0.15) is 0 Å². The molecule has 3 rings (SSSR count). The highest BCUT2D eigenvalue weighted by molar-refractivity contribution is 7.13. The van der Waals surface area contributed by atoms with Crippen LogP contribution in [0, 0.1) is 0 Å². The van der Waals surface area contributed by atoms with Crippen LogP contribution in [0.3, 0.4) is 0 Å². The van der Waals surface area contributed by atoms with Gasteiger partial charge in [0.1, 0.15) is 17.1 Å². The number of carbonyl (C=O) groups excluding carboxylic acids is 1. The maximum absolute atomic E-state index is 12.4. The van der Waals surface area contributed by atoms with Gasteiger partial charge in [-0.15, -0.1) is 21.5 Å². The van der Waals surface area contributed by atoms with Crippen LogP contribution >= 0.6 is 11.3 Å². The monoisotopic (exact) mass is 360 g/mol. The quantitative estimate of drug-likeness (QED) is 0.619. The van der Waals surface area contributed by atoms with Crippen molar-refractivity contribution in [3.05, 3.63) is 47.2 Å². The van der Waals surface area contributed by atoms with E-state index in [-0.39, 0.29) is 11.5 Å². The second-order valence-corrected chi connectivity index (χ2v) is 5.98. The lowest BCUT2D eigenvalue weighted by atomic mass is 10.2. The largest absolute Gasteiger partial charge is 0.497 e. The summed E-state index contributed by atoms with van der Waals surface area (Å²) in [6.45, 7) is 1.67. The first-order valence-corrected chi connectivity index (χ1v) is 8.30. The van der Waals surface area contributed by atoms with E-state index in [2.05, 4.69) is 10.2 Å². The van der Waals surface area contributed by atoms with E-state index < -0.39 is 12.1 Å². The van der Waals surface area contributed by atoms with Crippen LogP contribution < -0.4 is 9.47 Å². The summed E-state index contributed by atoms with van der Waals surface area (Å²) in [5.74, 6) is 1.02. The average Bonchev–Trinajstić information content (AvgIpc) is 3.32. The average molecular weight is 360 g/mol. The lowest BCUT2D eigenvalue weighted by Crippen LogP contribution is -2.11. The molecule has 130 valence electrons. The molecule has 0 aliphatic heterocycles. The lowest BCUT2D eigenvalue weighted by molar-refractivity contribution is 0.0276. The summed E-state index contributed by atoms with van der Waals surface area (Å²) in [6, 6.07) is 8.62. The van der Waals surface area contributed by atoms with Crippen LogP contribution in [0.5, 0.6) is 11.5 Å². The molecule has 8 heteroatoms. The summed E-state index contributed by atoms with van der Waals surface area (Å²) < 4.78 is 21.3. The summed E-state index contributed by atoms with van der Waals surface area (Å²) in [4.78, 5) is 13.3. The Morgan fingerprint density at radius 3 is 2.72 bits per heavy atom. The molecule has 2 heterocycles. The molecule has 2 aromatic heterocycles. The number of benzene rings is 1. The van der Waals surface area contributed by atoms with Crippen molar-refractivity contribution in [1.82, 2.24) is 10.2 Å². The van der Waals surface area contributed by atoms with Crippen molar-refractivity contribution in [2.75, 3.05) is 14.2 Å². The third-order valence-electron chi connectivity index (χ3n) is 3.43. The second kappa shape index (κ2) is 7.35. The van der Waals surface area contributed by atoms with Crippen molar-refractivity contribution >= 4 is 17.3 Å². The highest BCUT2D eigenvalue weighted by atomic mass is 32.1. The molecule has 0 spiro atoms. The van der Waals surface area contributed by atoms with Crippen molar-refractivity contribution in [1.29, 1.82) is 0 Å². The van der Waals surface area contributed by atoms with Crippen molar-refractivity contribution in [2.45, 2.75) is 13.0 Å². The molecule has 0 aliphatic carbocycles. The van der Waals surface area contributed by atoms with E-state index in [0.717, 1.165) is 4.88 Å². The Morgan fingerprint density at radius 2 is 2.04 bits per heavy atom. The minimum atomic E-state index is -0.694. The van der Waals surface area contributed by atoms with E-state index >= 15 is 0 Å². The number of hydrogen-bond donors (Lipinski definition) is 0. The number of esters is 1. The number of methoxy groups -OCH3 is 2. The third-order valence-corrected chi connectivity index (χ3v) is 4.29. The predicted octanol–water partition coefficient (Wildman–Crippen LogP) is 3.73. The second-order valence-electron chi connectivity index (χ2n) is 5.04. The molecule has 0 aliphatic rings. The molecule has 0 bridgehead atoms. The fourth-order valence-electron chi connectivity index (χ4n) is 2.14. The zero-order valence-corrected chi connectivity index (χ0v) is 14.7. The van der Waals surface area contributed by atoms with Crippen molar-refractivity contribution in [3.8, 4) is 22.3 Å². The van der Waals surface area contributed by atoms with Crippen LogP contribution in [0.25, 0.3) is 10.8 Å². The van der Waals surface area contributed by atoms with E-state index in [1.165, 1.54) is 25.6 Å². The lowest BCUT2D eigenvalue weighted by Gasteiger charge is -2.12. The number of thiophene rings is 1. The van der Waals surface area contributed by atoms with E-state index in [1.807, 2.05) is 17.5 Å². The molecule has 0 saturated carbocycles. The van der Waals surface area contributed by atoms with Gasteiger partial charge in [-0.1, -0.05) is 6.07 Å². The minimum Gasteiger partial charge on any atom is -0.497 e. The highest BCUT2D eigenvalue weighted by Crippen LogP contribution is 2.29. The van der Waals surface area contributed by atoms with Gasteiger partial charge in [0.15, 0.2) is 6.10 Å². The van der Waals surface area contributed by atoms with Gasteiger partial charge < -0.3 is 18.6 Å². The van der Waals surface area contributed by atoms with Gasteiger partial charge in [-0.3, -0.25) is 0 Å². The molecule has 0 saturated heterocycles. The van der Waals surface area contributed by atoms with Crippen LogP contribution in [0.1, 0.15) is 29.3 Å². The first kappa shape index (κ1) is 17.0. The molecule has 1 aromatic carbocycles. The first-order valence-electron chi connectivity index (χ1n) is 7.42. The minimum absolute atomic E-state index is 0.226. The Kier molecular flexibility index (Phi) is 4.99. The standard InChI is InChI=1S/C17H16N2O5S/c1-10(15-18-19-16(24-15)14-5-4-8-25-14)23-17(20)12-7-6-11(21-2)9-13(12)22-3/h4-10H,1-3H3/t10-/m0/s1. The molecule has 25 heavy (non-hydrogen) atoms. The number of ether oxygens (including phenoxy) is 3. The third kappa shape index (κ3) is 3.63.